The van der Waals surface area contributed by atoms with Gasteiger partial charge in [-0.15, -0.1) is 0 Å². The number of hydrogen-bond acceptors (Lipinski definition) is 10. The van der Waals surface area contributed by atoms with Crippen LogP contribution in [0.3, 0.4) is 0 Å². The molecule has 3 atom stereocenters. The monoisotopic (exact) mass is 455 g/mol. The van der Waals surface area contributed by atoms with E-state index in [2.05, 4.69) is 0 Å². The SMILES string of the molecule is N[C@@H](CS(=O)(=O)O)C(=O)N[C@@H](CS(=O)(=O)O)C(=O)N[C@H](C=O)CS(=O)(=O)O. The van der Waals surface area contributed by atoms with Crippen LogP contribution in [0.1, 0.15) is 0 Å². The molecule has 0 heterocycles. The summed E-state index contributed by atoms with van der Waals surface area (Å²) in [6.45, 7) is 0. The first kappa shape index (κ1) is 25.3. The van der Waals surface area contributed by atoms with Gasteiger partial charge >= 0.3 is 0 Å². The molecule has 0 rings (SSSR count). The highest BCUT2D eigenvalue weighted by Crippen LogP contribution is 1.97. The maximum Gasteiger partial charge on any atom is 0.267 e. The quantitative estimate of drug-likeness (QED) is 0.126. The molecule has 0 aromatic rings. The van der Waals surface area contributed by atoms with Gasteiger partial charge in [-0.05, 0) is 0 Å². The van der Waals surface area contributed by atoms with E-state index in [1.165, 1.54) is 0 Å². The van der Waals surface area contributed by atoms with Crippen molar-refractivity contribution in [2.75, 3.05) is 17.3 Å². The first-order valence-corrected chi connectivity index (χ1v) is 11.4. The Hall–Kier alpha value is -1.70. The lowest BCUT2D eigenvalue weighted by atomic mass is 10.2. The van der Waals surface area contributed by atoms with Gasteiger partial charge in [0.05, 0.1) is 5.75 Å². The number of carbonyl (C=O) groups is 3. The van der Waals surface area contributed by atoms with E-state index in [0.717, 1.165) is 0 Å². The zero-order chi connectivity index (χ0) is 21.6. The maximum absolute atomic E-state index is 12.0. The fourth-order valence-corrected chi connectivity index (χ4v) is 3.48. The van der Waals surface area contributed by atoms with E-state index in [0.29, 0.717) is 0 Å². The van der Waals surface area contributed by atoms with Gasteiger partial charge in [0.1, 0.15) is 35.9 Å². The van der Waals surface area contributed by atoms with Crippen molar-refractivity contribution in [3.8, 4) is 0 Å². The maximum atomic E-state index is 12.0. The summed E-state index contributed by atoms with van der Waals surface area (Å²) in [4.78, 5) is 34.5. The molecule has 2 amide bonds. The summed E-state index contributed by atoms with van der Waals surface area (Å²) in [5.41, 5.74) is 5.16. The van der Waals surface area contributed by atoms with Crippen molar-refractivity contribution in [2.24, 2.45) is 5.73 Å². The molecule has 0 aromatic carbocycles. The second kappa shape index (κ2) is 9.48. The fourth-order valence-electron chi connectivity index (χ4n) is 1.60. The molecule has 27 heavy (non-hydrogen) atoms. The van der Waals surface area contributed by atoms with Crippen molar-refractivity contribution >= 4 is 48.5 Å². The molecule has 0 aliphatic rings. The first-order chi connectivity index (χ1) is 11.9. The molecule has 0 aromatic heterocycles. The molecule has 158 valence electrons. The van der Waals surface area contributed by atoms with Gasteiger partial charge in [0, 0.05) is 0 Å². The number of nitrogens with two attached hydrogens (primary N) is 1. The average Bonchev–Trinajstić information content (AvgIpc) is 2.40. The largest absolute Gasteiger partial charge is 0.344 e. The average molecular weight is 455 g/mol. The summed E-state index contributed by atoms with van der Waals surface area (Å²) in [6, 6.07) is -5.89. The van der Waals surface area contributed by atoms with Crippen molar-refractivity contribution < 1.29 is 53.3 Å². The van der Waals surface area contributed by atoms with E-state index in [1.807, 2.05) is 0 Å². The molecular formula is C9H17N3O12S3. The van der Waals surface area contributed by atoms with Crippen LogP contribution in [0.2, 0.25) is 0 Å². The first-order valence-electron chi connectivity index (χ1n) is 6.60. The Bertz CT molecular complexity index is 878. The van der Waals surface area contributed by atoms with E-state index in [4.69, 9.17) is 19.4 Å². The van der Waals surface area contributed by atoms with Crippen LogP contribution in [0.15, 0.2) is 0 Å². The molecule has 7 N–H and O–H groups in total. The third-order valence-corrected chi connectivity index (χ3v) is 4.93. The highest BCUT2D eigenvalue weighted by Gasteiger charge is 2.31. The zero-order valence-corrected chi connectivity index (χ0v) is 15.7. The third kappa shape index (κ3) is 12.3. The molecule has 0 saturated heterocycles. The van der Waals surface area contributed by atoms with Gasteiger partial charge in [0.2, 0.25) is 11.8 Å². The summed E-state index contributed by atoms with van der Waals surface area (Å²) < 4.78 is 90.8. The van der Waals surface area contributed by atoms with Gasteiger partial charge in [-0.2, -0.15) is 25.3 Å². The number of aldehydes is 1. The van der Waals surface area contributed by atoms with E-state index in [1.54, 1.807) is 10.6 Å². The minimum atomic E-state index is -4.89. The predicted molar refractivity (Wildman–Crippen MR) is 87.1 cm³/mol. The Kier molecular flexibility index (Phi) is 8.88. The van der Waals surface area contributed by atoms with Crippen molar-refractivity contribution in [1.82, 2.24) is 10.6 Å². The molecular weight excluding hydrogens is 438 g/mol. The Labute approximate surface area is 153 Å². The molecule has 0 fully saturated rings. The zero-order valence-electron chi connectivity index (χ0n) is 13.2. The van der Waals surface area contributed by atoms with E-state index < -0.39 is 77.6 Å². The molecule has 18 heteroatoms. The van der Waals surface area contributed by atoms with Crippen molar-refractivity contribution in [2.45, 2.75) is 18.1 Å². The number of amides is 2. The molecule has 0 unspecified atom stereocenters. The van der Waals surface area contributed by atoms with E-state index in [9.17, 15) is 39.6 Å². The summed E-state index contributed by atoms with van der Waals surface area (Å²) in [7, 11) is -14.3. The van der Waals surface area contributed by atoms with Gasteiger partial charge in [-0.25, -0.2) is 0 Å². The lowest BCUT2D eigenvalue weighted by Crippen LogP contribution is -2.57. The van der Waals surface area contributed by atoms with Crippen LogP contribution < -0.4 is 16.4 Å². The number of carbonyl (C=O) groups excluding carboxylic acids is 3. The summed E-state index contributed by atoms with van der Waals surface area (Å²) in [5.74, 6) is -6.88. The van der Waals surface area contributed by atoms with E-state index in [-0.39, 0.29) is 6.29 Å². The molecule has 0 saturated carbocycles. The highest BCUT2D eigenvalue weighted by atomic mass is 32.2. The highest BCUT2D eigenvalue weighted by molar-refractivity contribution is 7.86. The fraction of sp³-hybridized carbons (Fsp3) is 0.667. The van der Waals surface area contributed by atoms with Crippen molar-refractivity contribution in [3.63, 3.8) is 0 Å². The molecule has 15 nitrogen and oxygen atoms in total. The van der Waals surface area contributed by atoms with Crippen molar-refractivity contribution in [3.05, 3.63) is 0 Å². The Balaban J connectivity index is 5.37. The lowest BCUT2D eigenvalue weighted by molar-refractivity contribution is -0.129. The molecule has 0 aliphatic carbocycles. The number of hydrogen-bond donors (Lipinski definition) is 6. The van der Waals surface area contributed by atoms with Crippen LogP contribution in [0.5, 0.6) is 0 Å². The van der Waals surface area contributed by atoms with Crippen molar-refractivity contribution in [1.29, 1.82) is 0 Å². The topological polar surface area (TPSA) is 264 Å². The lowest BCUT2D eigenvalue weighted by Gasteiger charge is -2.21. The molecule has 0 bridgehead atoms. The van der Waals surface area contributed by atoms with Gasteiger partial charge in [-0.3, -0.25) is 23.2 Å². The Morgan fingerprint density at radius 2 is 1.26 bits per heavy atom. The summed E-state index contributed by atoms with van der Waals surface area (Å²) in [6.07, 6.45) is -0.109. The standard InChI is InChI=1S/C9H17N3O12S3/c10-6(3-26(19,20)21)8(14)12-7(4-27(22,23)24)9(15)11-5(1-13)2-25(16,17)18/h1,5-7H,2-4,10H2,(H,11,15)(H,12,14)(H,16,17,18)(H,19,20,21)(H,22,23,24)/t5-,6+,7+/m1/s1. The Morgan fingerprint density at radius 3 is 1.63 bits per heavy atom. The van der Waals surface area contributed by atoms with Crippen LogP contribution in [-0.2, 0) is 44.7 Å². The smallest absolute Gasteiger partial charge is 0.267 e. The van der Waals surface area contributed by atoms with Crippen LogP contribution >= 0.6 is 0 Å². The van der Waals surface area contributed by atoms with Gasteiger partial charge in [0.25, 0.3) is 30.4 Å². The molecule has 0 radical (unpaired) electrons. The van der Waals surface area contributed by atoms with Crippen LogP contribution in [0, 0.1) is 0 Å². The third-order valence-electron chi connectivity index (χ3n) is 2.62. The van der Waals surface area contributed by atoms with E-state index >= 15 is 0 Å². The second-order valence-corrected chi connectivity index (χ2v) is 9.66. The summed E-state index contributed by atoms with van der Waals surface area (Å²) in [5, 5.41) is 3.36. The minimum Gasteiger partial charge on any atom is -0.344 e. The number of rotatable bonds is 11. The number of nitrogens with one attached hydrogen (secondary N) is 2. The van der Waals surface area contributed by atoms with Gasteiger partial charge in [0.15, 0.2) is 0 Å². The molecule has 0 spiro atoms. The van der Waals surface area contributed by atoms with Gasteiger partial charge < -0.3 is 21.2 Å². The Morgan fingerprint density at radius 1 is 0.815 bits per heavy atom. The van der Waals surface area contributed by atoms with Crippen LogP contribution in [0.4, 0.5) is 0 Å². The van der Waals surface area contributed by atoms with Gasteiger partial charge in [-0.1, -0.05) is 0 Å². The molecule has 0 aliphatic heterocycles. The summed E-state index contributed by atoms with van der Waals surface area (Å²) >= 11 is 0. The second-order valence-electron chi connectivity index (χ2n) is 5.16. The predicted octanol–water partition coefficient (Wildman–Crippen LogP) is -4.85. The minimum absolute atomic E-state index is 0.109. The van der Waals surface area contributed by atoms with Crippen LogP contribution in [-0.4, -0.2) is 92.4 Å². The van der Waals surface area contributed by atoms with Crippen LogP contribution in [0.25, 0.3) is 0 Å². The normalized spacial score (nSPS) is 16.0.